The quantitative estimate of drug-likeness (QED) is 0.847. The number of nitrogens with one attached hydrogen (secondary N) is 2. The van der Waals surface area contributed by atoms with E-state index in [-0.39, 0.29) is 0 Å². The average Bonchev–Trinajstić information content (AvgIpc) is 2.78. The van der Waals surface area contributed by atoms with Crippen LogP contribution in [0.5, 0.6) is 0 Å². The number of hydrogen-bond donors (Lipinski definition) is 2. The zero-order valence-corrected chi connectivity index (χ0v) is 12.2. The van der Waals surface area contributed by atoms with Crippen LogP contribution in [0.4, 0.5) is 0 Å². The van der Waals surface area contributed by atoms with Crippen LogP contribution in [0.2, 0.25) is 0 Å². The van der Waals surface area contributed by atoms with E-state index in [4.69, 9.17) is 0 Å². The molecule has 2 heteroatoms. The van der Waals surface area contributed by atoms with Crippen LogP contribution >= 0.6 is 0 Å². The number of aryl methyl sites for hydroxylation is 1. The molecule has 0 saturated heterocycles. The van der Waals surface area contributed by atoms with Crippen LogP contribution in [0.1, 0.15) is 50.9 Å². The highest BCUT2D eigenvalue weighted by Crippen LogP contribution is 2.35. The third kappa shape index (κ3) is 2.30. The summed E-state index contributed by atoms with van der Waals surface area (Å²) in [6.07, 6.45) is 3.75. The Morgan fingerprint density at radius 1 is 1.21 bits per heavy atom. The van der Waals surface area contributed by atoms with Gasteiger partial charge in [0, 0.05) is 28.7 Å². The standard InChI is InChI=1S/C17H24N2/c1-11(2)12(3)18-16-10-6-8-14-13-7-4-5-9-15(13)19-17(14)16/h4-5,7,9,11-12,16,18-19H,6,8,10H2,1-3H3/t12-,16?/m1/s1. The minimum Gasteiger partial charge on any atom is -0.357 e. The maximum atomic E-state index is 3.80. The number of aromatic nitrogens is 1. The maximum Gasteiger partial charge on any atom is 0.0478 e. The molecular weight excluding hydrogens is 232 g/mol. The molecule has 0 amide bonds. The summed E-state index contributed by atoms with van der Waals surface area (Å²) in [5, 5.41) is 5.22. The van der Waals surface area contributed by atoms with Gasteiger partial charge in [-0.05, 0) is 43.7 Å². The lowest BCUT2D eigenvalue weighted by molar-refractivity contribution is 0.347. The fourth-order valence-electron chi connectivity index (χ4n) is 3.09. The van der Waals surface area contributed by atoms with Gasteiger partial charge in [0.2, 0.25) is 0 Å². The molecule has 2 atom stereocenters. The number of aromatic amines is 1. The Morgan fingerprint density at radius 3 is 2.79 bits per heavy atom. The summed E-state index contributed by atoms with van der Waals surface area (Å²) in [5.74, 6) is 0.676. The lowest BCUT2D eigenvalue weighted by Crippen LogP contribution is -2.36. The summed E-state index contributed by atoms with van der Waals surface area (Å²) < 4.78 is 0. The van der Waals surface area contributed by atoms with Crippen molar-refractivity contribution >= 4 is 10.9 Å². The Kier molecular flexibility index (Phi) is 3.36. The number of rotatable bonds is 3. The Balaban J connectivity index is 1.95. The first-order valence-corrected chi connectivity index (χ1v) is 7.52. The second-order valence-electron chi connectivity index (χ2n) is 6.21. The summed E-state index contributed by atoms with van der Waals surface area (Å²) in [7, 11) is 0. The Labute approximate surface area is 115 Å². The topological polar surface area (TPSA) is 27.8 Å². The zero-order valence-electron chi connectivity index (χ0n) is 12.2. The van der Waals surface area contributed by atoms with Gasteiger partial charge in [-0.1, -0.05) is 32.0 Å². The van der Waals surface area contributed by atoms with E-state index in [0.29, 0.717) is 18.0 Å². The minimum atomic E-state index is 0.494. The fourth-order valence-corrected chi connectivity index (χ4v) is 3.09. The van der Waals surface area contributed by atoms with Crippen molar-refractivity contribution in [3.05, 3.63) is 35.5 Å². The molecule has 0 fully saturated rings. The van der Waals surface area contributed by atoms with Crippen molar-refractivity contribution in [2.75, 3.05) is 0 Å². The van der Waals surface area contributed by atoms with Gasteiger partial charge in [-0.3, -0.25) is 0 Å². The second-order valence-corrected chi connectivity index (χ2v) is 6.21. The maximum absolute atomic E-state index is 3.80. The van der Waals surface area contributed by atoms with Crippen molar-refractivity contribution in [1.29, 1.82) is 0 Å². The zero-order chi connectivity index (χ0) is 13.4. The molecule has 1 aliphatic carbocycles. The van der Waals surface area contributed by atoms with Crippen molar-refractivity contribution in [1.82, 2.24) is 10.3 Å². The predicted molar refractivity (Wildman–Crippen MR) is 81.4 cm³/mol. The van der Waals surface area contributed by atoms with Crippen LogP contribution in [0.3, 0.4) is 0 Å². The fraction of sp³-hybridized carbons (Fsp3) is 0.529. The van der Waals surface area contributed by atoms with E-state index >= 15 is 0 Å². The van der Waals surface area contributed by atoms with E-state index in [2.05, 4.69) is 55.3 Å². The van der Waals surface area contributed by atoms with Crippen molar-refractivity contribution in [3.63, 3.8) is 0 Å². The molecule has 1 aromatic heterocycles. The summed E-state index contributed by atoms with van der Waals surface area (Å²) in [6.45, 7) is 6.86. The van der Waals surface area contributed by atoms with Crippen LogP contribution < -0.4 is 5.32 Å². The smallest absolute Gasteiger partial charge is 0.0478 e. The monoisotopic (exact) mass is 256 g/mol. The Hall–Kier alpha value is -1.28. The highest BCUT2D eigenvalue weighted by atomic mass is 15.0. The molecule has 1 unspecified atom stereocenters. The lowest BCUT2D eigenvalue weighted by atomic mass is 9.90. The largest absolute Gasteiger partial charge is 0.357 e. The van der Waals surface area contributed by atoms with Crippen molar-refractivity contribution < 1.29 is 0 Å². The Bertz CT molecular complexity index is 568. The molecule has 0 saturated carbocycles. The van der Waals surface area contributed by atoms with E-state index in [0.717, 1.165) is 0 Å². The Morgan fingerprint density at radius 2 is 2.00 bits per heavy atom. The number of fused-ring (bicyclic) bond motifs is 3. The second kappa shape index (κ2) is 5.01. The lowest BCUT2D eigenvalue weighted by Gasteiger charge is -2.29. The molecule has 2 N–H and O–H groups in total. The number of para-hydroxylation sites is 1. The van der Waals surface area contributed by atoms with Gasteiger partial charge in [-0.15, -0.1) is 0 Å². The molecule has 19 heavy (non-hydrogen) atoms. The molecule has 0 aliphatic heterocycles. The summed E-state index contributed by atoms with van der Waals surface area (Å²) >= 11 is 0. The molecule has 3 rings (SSSR count). The molecule has 1 aromatic carbocycles. The molecule has 0 bridgehead atoms. The van der Waals surface area contributed by atoms with Crippen LogP contribution in [-0.2, 0) is 6.42 Å². The highest BCUT2D eigenvalue weighted by Gasteiger charge is 2.25. The van der Waals surface area contributed by atoms with Gasteiger partial charge in [0.25, 0.3) is 0 Å². The minimum absolute atomic E-state index is 0.494. The van der Waals surface area contributed by atoms with Crippen molar-refractivity contribution in [2.24, 2.45) is 5.92 Å². The molecule has 0 radical (unpaired) electrons. The SMILES string of the molecule is CC(C)[C@@H](C)NC1CCCc2c1[nH]c1ccccc21. The van der Waals surface area contributed by atoms with Gasteiger partial charge in [0.05, 0.1) is 0 Å². The van der Waals surface area contributed by atoms with E-state index in [1.807, 2.05) is 0 Å². The first-order chi connectivity index (χ1) is 9.16. The van der Waals surface area contributed by atoms with Crippen LogP contribution in [0, 0.1) is 5.92 Å². The van der Waals surface area contributed by atoms with Gasteiger partial charge < -0.3 is 10.3 Å². The van der Waals surface area contributed by atoms with Gasteiger partial charge in [-0.25, -0.2) is 0 Å². The predicted octanol–water partition coefficient (Wildman–Crippen LogP) is 4.18. The van der Waals surface area contributed by atoms with E-state index in [1.165, 1.54) is 41.4 Å². The third-order valence-corrected chi connectivity index (χ3v) is 4.58. The van der Waals surface area contributed by atoms with E-state index < -0.39 is 0 Å². The number of hydrogen-bond acceptors (Lipinski definition) is 1. The average molecular weight is 256 g/mol. The van der Waals surface area contributed by atoms with E-state index in [1.54, 1.807) is 0 Å². The van der Waals surface area contributed by atoms with Crippen molar-refractivity contribution in [3.8, 4) is 0 Å². The van der Waals surface area contributed by atoms with Crippen LogP contribution in [0.15, 0.2) is 24.3 Å². The molecule has 1 heterocycles. The van der Waals surface area contributed by atoms with Crippen LogP contribution in [0.25, 0.3) is 10.9 Å². The summed E-state index contributed by atoms with van der Waals surface area (Å²) in [6, 6.07) is 9.75. The van der Waals surface area contributed by atoms with E-state index in [9.17, 15) is 0 Å². The van der Waals surface area contributed by atoms with Crippen molar-refractivity contribution in [2.45, 2.75) is 52.1 Å². The molecule has 1 aliphatic rings. The van der Waals surface area contributed by atoms with Crippen LogP contribution in [-0.4, -0.2) is 11.0 Å². The number of H-pyrrole nitrogens is 1. The molecular formula is C17H24N2. The highest BCUT2D eigenvalue weighted by molar-refractivity contribution is 5.85. The normalized spacial score (nSPS) is 20.7. The molecule has 102 valence electrons. The first-order valence-electron chi connectivity index (χ1n) is 7.52. The molecule has 2 nitrogen and oxygen atoms in total. The summed E-state index contributed by atoms with van der Waals surface area (Å²) in [4.78, 5) is 3.65. The van der Waals surface area contributed by atoms with Gasteiger partial charge in [0.15, 0.2) is 0 Å². The molecule has 2 aromatic rings. The van der Waals surface area contributed by atoms with Gasteiger partial charge in [0.1, 0.15) is 0 Å². The summed E-state index contributed by atoms with van der Waals surface area (Å²) in [5.41, 5.74) is 4.26. The molecule has 0 spiro atoms. The van der Waals surface area contributed by atoms with Gasteiger partial charge >= 0.3 is 0 Å². The van der Waals surface area contributed by atoms with Gasteiger partial charge in [-0.2, -0.15) is 0 Å². The number of benzene rings is 1. The third-order valence-electron chi connectivity index (χ3n) is 4.58. The first kappa shape index (κ1) is 12.7.